The highest BCUT2D eigenvalue weighted by Crippen LogP contribution is 2.31. The number of halogens is 2. The lowest BCUT2D eigenvalue weighted by Crippen LogP contribution is -2.39. The Morgan fingerprint density at radius 3 is 2.95 bits per heavy atom. The number of amides is 1. The predicted octanol–water partition coefficient (Wildman–Crippen LogP) is 1.33. The van der Waals surface area contributed by atoms with Crippen LogP contribution in [-0.2, 0) is 4.79 Å². The van der Waals surface area contributed by atoms with Crippen LogP contribution in [-0.4, -0.2) is 36.6 Å². The molecule has 4 nitrogen and oxygen atoms in total. The van der Waals surface area contributed by atoms with Gasteiger partial charge in [0.1, 0.15) is 6.10 Å². The van der Waals surface area contributed by atoms with E-state index in [1.54, 1.807) is 0 Å². The molecule has 1 aromatic rings. The van der Waals surface area contributed by atoms with Gasteiger partial charge in [-0.1, -0.05) is 18.2 Å². The maximum atomic E-state index is 12.1. The van der Waals surface area contributed by atoms with Gasteiger partial charge in [0.2, 0.25) is 5.91 Å². The first-order chi connectivity index (χ1) is 9.09. The summed E-state index contributed by atoms with van der Waals surface area (Å²) >= 11 is 0. The molecule has 0 fully saturated rings. The molecule has 3 N–H and O–H groups in total. The van der Waals surface area contributed by atoms with Crippen molar-refractivity contribution in [2.24, 2.45) is 0 Å². The normalized spacial score (nSPS) is 19.5. The van der Waals surface area contributed by atoms with Crippen LogP contribution in [0.1, 0.15) is 17.9 Å². The number of para-hydroxylation sites is 1. The van der Waals surface area contributed by atoms with Crippen molar-refractivity contribution in [1.29, 1.82) is 0 Å². The van der Waals surface area contributed by atoms with Crippen LogP contribution in [0.15, 0.2) is 24.3 Å². The molecule has 1 amide bonds. The molecule has 2 rings (SSSR count). The largest absolute Gasteiger partial charge is 0.385 e. The van der Waals surface area contributed by atoms with Gasteiger partial charge < -0.3 is 15.7 Å². The van der Waals surface area contributed by atoms with Crippen molar-refractivity contribution in [3.8, 4) is 0 Å². The first-order valence-corrected chi connectivity index (χ1v) is 6.16. The molecule has 0 aromatic heterocycles. The van der Waals surface area contributed by atoms with Crippen LogP contribution in [0.5, 0.6) is 0 Å². The molecule has 0 saturated carbocycles. The Morgan fingerprint density at radius 1 is 1.47 bits per heavy atom. The number of carbonyl (C=O) groups is 1. The van der Waals surface area contributed by atoms with Crippen molar-refractivity contribution < 1.29 is 18.7 Å². The van der Waals surface area contributed by atoms with Crippen LogP contribution in [0.2, 0.25) is 0 Å². The van der Waals surface area contributed by atoms with Crippen molar-refractivity contribution in [3.63, 3.8) is 0 Å². The lowest BCUT2D eigenvalue weighted by Gasteiger charge is -2.26. The van der Waals surface area contributed by atoms with Gasteiger partial charge in [0.05, 0.1) is 5.92 Å². The standard InChI is InChI=1S/C13H16F2N2O2/c14-12(15)11(18)7-17-13(19)9-5-6-16-10-4-2-1-3-8(9)10/h1-4,9,11-12,16,18H,5-7H2,(H,17,19). The molecule has 0 spiro atoms. The van der Waals surface area contributed by atoms with Crippen LogP contribution < -0.4 is 10.6 Å². The third kappa shape index (κ3) is 3.20. The highest BCUT2D eigenvalue weighted by atomic mass is 19.3. The van der Waals surface area contributed by atoms with E-state index in [0.29, 0.717) is 13.0 Å². The van der Waals surface area contributed by atoms with Gasteiger partial charge in [-0.25, -0.2) is 8.78 Å². The van der Waals surface area contributed by atoms with Crippen LogP contribution in [0.25, 0.3) is 0 Å². The Bertz CT molecular complexity index is 454. The minimum atomic E-state index is -2.85. The minimum absolute atomic E-state index is 0.325. The van der Waals surface area contributed by atoms with Crippen molar-refractivity contribution >= 4 is 11.6 Å². The molecule has 1 heterocycles. The van der Waals surface area contributed by atoms with E-state index in [2.05, 4.69) is 10.6 Å². The number of aliphatic hydroxyl groups is 1. The average Bonchev–Trinajstić information content (AvgIpc) is 2.43. The zero-order chi connectivity index (χ0) is 13.8. The molecule has 104 valence electrons. The van der Waals surface area contributed by atoms with Crippen molar-refractivity contribution in [1.82, 2.24) is 5.32 Å². The van der Waals surface area contributed by atoms with Crippen LogP contribution in [0.4, 0.5) is 14.5 Å². The quantitative estimate of drug-likeness (QED) is 0.773. The summed E-state index contributed by atoms with van der Waals surface area (Å²) in [6.07, 6.45) is -4.06. The van der Waals surface area contributed by atoms with E-state index in [-0.39, 0.29) is 11.8 Å². The lowest BCUT2D eigenvalue weighted by atomic mass is 9.90. The molecule has 0 saturated heterocycles. The second-order valence-electron chi connectivity index (χ2n) is 4.50. The summed E-state index contributed by atoms with van der Waals surface area (Å²) in [5.74, 6) is -0.684. The summed E-state index contributed by atoms with van der Waals surface area (Å²) in [4.78, 5) is 12.0. The highest BCUT2D eigenvalue weighted by molar-refractivity contribution is 5.86. The number of fused-ring (bicyclic) bond motifs is 1. The van der Waals surface area contributed by atoms with Gasteiger partial charge in [-0.2, -0.15) is 0 Å². The molecular formula is C13H16F2N2O2. The fourth-order valence-corrected chi connectivity index (χ4v) is 2.16. The van der Waals surface area contributed by atoms with Gasteiger partial charge in [0, 0.05) is 18.8 Å². The Morgan fingerprint density at radius 2 is 2.21 bits per heavy atom. The number of benzene rings is 1. The third-order valence-electron chi connectivity index (χ3n) is 3.18. The van der Waals surface area contributed by atoms with Crippen LogP contribution >= 0.6 is 0 Å². The Hall–Kier alpha value is -1.69. The monoisotopic (exact) mass is 270 g/mol. The molecule has 0 aliphatic carbocycles. The van der Waals surface area contributed by atoms with Gasteiger partial charge in [-0.05, 0) is 18.1 Å². The summed E-state index contributed by atoms with van der Waals surface area (Å²) in [5, 5.41) is 14.6. The molecule has 2 unspecified atom stereocenters. The van der Waals surface area contributed by atoms with E-state index >= 15 is 0 Å². The number of rotatable bonds is 4. The summed E-state index contributed by atoms with van der Waals surface area (Å²) in [6, 6.07) is 7.42. The van der Waals surface area contributed by atoms with Gasteiger partial charge in [-0.3, -0.25) is 4.79 Å². The van der Waals surface area contributed by atoms with Crippen molar-refractivity contribution in [2.75, 3.05) is 18.4 Å². The maximum Gasteiger partial charge on any atom is 0.265 e. The Kier molecular flexibility index (Phi) is 4.31. The number of anilines is 1. The second-order valence-corrected chi connectivity index (χ2v) is 4.50. The predicted molar refractivity (Wildman–Crippen MR) is 67.3 cm³/mol. The van der Waals surface area contributed by atoms with Crippen LogP contribution in [0.3, 0.4) is 0 Å². The smallest absolute Gasteiger partial charge is 0.265 e. The van der Waals surface area contributed by atoms with E-state index in [4.69, 9.17) is 5.11 Å². The van der Waals surface area contributed by atoms with E-state index < -0.39 is 19.1 Å². The fraction of sp³-hybridized carbons (Fsp3) is 0.462. The number of carbonyl (C=O) groups excluding carboxylic acids is 1. The first-order valence-electron chi connectivity index (χ1n) is 6.16. The number of nitrogens with one attached hydrogen (secondary N) is 2. The molecule has 6 heteroatoms. The first kappa shape index (κ1) is 13.7. The van der Waals surface area contributed by atoms with E-state index in [9.17, 15) is 13.6 Å². The summed E-state index contributed by atoms with van der Waals surface area (Å²) in [6.45, 7) is 0.231. The topological polar surface area (TPSA) is 61.4 Å². The van der Waals surface area contributed by atoms with Gasteiger partial charge >= 0.3 is 0 Å². The Balaban J connectivity index is 2.01. The van der Waals surface area contributed by atoms with Crippen LogP contribution in [0, 0.1) is 0 Å². The molecule has 0 radical (unpaired) electrons. The lowest BCUT2D eigenvalue weighted by molar-refractivity contribution is -0.123. The highest BCUT2D eigenvalue weighted by Gasteiger charge is 2.27. The average molecular weight is 270 g/mol. The molecule has 1 aliphatic rings. The minimum Gasteiger partial charge on any atom is -0.385 e. The number of hydrogen-bond acceptors (Lipinski definition) is 3. The molecular weight excluding hydrogens is 254 g/mol. The zero-order valence-electron chi connectivity index (χ0n) is 10.3. The summed E-state index contributed by atoms with van der Waals surface area (Å²) < 4.78 is 24.3. The van der Waals surface area contributed by atoms with Gasteiger partial charge in [0.25, 0.3) is 6.43 Å². The number of aliphatic hydroxyl groups excluding tert-OH is 1. The molecule has 2 atom stereocenters. The zero-order valence-corrected chi connectivity index (χ0v) is 10.3. The van der Waals surface area contributed by atoms with Crippen molar-refractivity contribution in [2.45, 2.75) is 24.9 Å². The SMILES string of the molecule is O=C(NCC(O)C(F)F)C1CCNc2ccccc21. The van der Waals surface area contributed by atoms with E-state index in [1.165, 1.54) is 0 Å². The van der Waals surface area contributed by atoms with E-state index in [0.717, 1.165) is 11.3 Å². The molecule has 0 bridgehead atoms. The fourth-order valence-electron chi connectivity index (χ4n) is 2.16. The second kappa shape index (κ2) is 5.97. The van der Waals surface area contributed by atoms with E-state index in [1.807, 2.05) is 24.3 Å². The Labute approximate surface area is 109 Å². The van der Waals surface area contributed by atoms with Crippen molar-refractivity contribution in [3.05, 3.63) is 29.8 Å². The molecule has 1 aliphatic heterocycles. The number of hydrogen-bond donors (Lipinski definition) is 3. The third-order valence-corrected chi connectivity index (χ3v) is 3.18. The molecule has 1 aromatic carbocycles. The molecule has 19 heavy (non-hydrogen) atoms. The maximum absolute atomic E-state index is 12.1. The summed E-state index contributed by atoms with van der Waals surface area (Å²) in [7, 11) is 0. The van der Waals surface area contributed by atoms with Gasteiger partial charge in [0.15, 0.2) is 0 Å². The number of alkyl halides is 2. The summed E-state index contributed by atoms with van der Waals surface area (Å²) in [5.41, 5.74) is 1.75. The van der Waals surface area contributed by atoms with Gasteiger partial charge in [-0.15, -0.1) is 0 Å².